The summed E-state index contributed by atoms with van der Waals surface area (Å²) in [6.07, 6.45) is 1.16. The van der Waals surface area contributed by atoms with Crippen LogP contribution in [0, 0.1) is 6.92 Å². The standard InChI is InChI=1S/C17H24N2O/c1-3-16(13-18-8-10-20-11-9-18)19-14(2)12-15-6-4-5-7-17(15)19/h4-7,12,16H,3,8-11,13H2,1-2H3. The largest absolute Gasteiger partial charge is 0.379 e. The molecule has 0 aliphatic carbocycles. The molecule has 1 aromatic carbocycles. The maximum atomic E-state index is 5.45. The van der Waals surface area contributed by atoms with E-state index in [1.165, 1.54) is 16.6 Å². The van der Waals surface area contributed by atoms with Crippen LogP contribution in [0.2, 0.25) is 0 Å². The van der Waals surface area contributed by atoms with Crippen molar-refractivity contribution < 1.29 is 4.74 Å². The number of fused-ring (bicyclic) bond motifs is 1. The first-order valence-electron chi connectivity index (χ1n) is 7.66. The first-order valence-corrected chi connectivity index (χ1v) is 7.66. The maximum Gasteiger partial charge on any atom is 0.0594 e. The predicted octanol–water partition coefficient (Wildman–Crippen LogP) is 3.23. The van der Waals surface area contributed by atoms with Crippen LogP contribution < -0.4 is 0 Å². The second kappa shape index (κ2) is 5.98. The summed E-state index contributed by atoms with van der Waals surface area (Å²) in [5.74, 6) is 0. The van der Waals surface area contributed by atoms with Gasteiger partial charge in [-0.1, -0.05) is 25.1 Å². The Labute approximate surface area is 121 Å². The van der Waals surface area contributed by atoms with Gasteiger partial charge < -0.3 is 9.30 Å². The van der Waals surface area contributed by atoms with Crippen LogP contribution in [0.25, 0.3) is 10.9 Å². The first-order chi connectivity index (χ1) is 9.79. The van der Waals surface area contributed by atoms with Crippen molar-refractivity contribution in [2.75, 3.05) is 32.8 Å². The van der Waals surface area contributed by atoms with E-state index in [2.05, 4.69) is 53.6 Å². The highest BCUT2D eigenvalue weighted by molar-refractivity contribution is 5.81. The van der Waals surface area contributed by atoms with Crippen LogP contribution in [0.3, 0.4) is 0 Å². The van der Waals surface area contributed by atoms with Gasteiger partial charge in [0.2, 0.25) is 0 Å². The van der Waals surface area contributed by atoms with E-state index < -0.39 is 0 Å². The van der Waals surface area contributed by atoms with E-state index in [1.54, 1.807) is 0 Å². The second-order valence-electron chi connectivity index (χ2n) is 5.69. The van der Waals surface area contributed by atoms with Gasteiger partial charge in [-0.05, 0) is 30.9 Å². The molecular weight excluding hydrogens is 248 g/mol. The van der Waals surface area contributed by atoms with E-state index in [0.29, 0.717) is 6.04 Å². The molecule has 1 saturated heterocycles. The molecule has 1 atom stereocenters. The minimum absolute atomic E-state index is 0.549. The van der Waals surface area contributed by atoms with Crippen molar-refractivity contribution in [3.05, 3.63) is 36.0 Å². The van der Waals surface area contributed by atoms with Gasteiger partial charge in [0.05, 0.1) is 13.2 Å². The van der Waals surface area contributed by atoms with Crippen LogP contribution in [0.15, 0.2) is 30.3 Å². The van der Waals surface area contributed by atoms with Crippen LogP contribution in [-0.2, 0) is 4.74 Å². The van der Waals surface area contributed by atoms with Gasteiger partial charge in [0.25, 0.3) is 0 Å². The molecule has 20 heavy (non-hydrogen) atoms. The van der Waals surface area contributed by atoms with Gasteiger partial charge in [0.15, 0.2) is 0 Å². The van der Waals surface area contributed by atoms with E-state index in [0.717, 1.165) is 39.3 Å². The number of hydrogen-bond acceptors (Lipinski definition) is 2. The van der Waals surface area contributed by atoms with E-state index in [9.17, 15) is 0 Å². The van der Waals surface area contributed by atoms with Crippen molar-refractivity contribution in [3.8, 4) is 0 Å². The number of benzene rings is 1. The average Bonchev–Trinajstić information content (AvgIpc) is 2.82. The molecule has 3 nitrogen and oxygen atoms in total. The Morgan fingerprint density at radius 1 is 1.20 bits per heavy atom. The van der Waals surface area contributed by atoms with Crippen molar-refractivity contribution >= 4 is 10.9 Å². The smallest absolute Gasteiger partial charge is 0.0594 e. The minimum atomic E-state index is 0.549. The lowest BCUT2D eigenvalue weighted by atomic mass is 10.2. The quantitative estimate of drug-likeness (QED) is 0.850. The third-order valence-electron chi connectivity index (χ3n) is 4.35. The summed E-state index contributed by atoms with van der Waals surface area (Å²) in [7, 11) is 0. The van der Waals surface area contributed by atoms with Gasteiger partial charge in [-0.3, -0.25) is 4.90 Å². The number of morpholine rings is 1. The Bertz CT molecular complexity index is 569. The fraction of sp³-hybridized carbons (Fsp3) is 0.529. The summed E-state index contributed by atoms with van der Waals surface area (Å²) in [6.45, 7) is 9.52. The van der Waals surface area contributed by atoms with Crippen LogP contribution in [0.5, 0.6) is 0 Å². The van der Waals surface area contributed by atoms with E-state index >= 15 is 0 Å². The number of rotatable bonds is 4. The highest BCUT2D eigenvalue weighted by Gasteiger charge is 2.19. The Balaban J connectivity index is 1.88. The molecule has 3 rings (SSSR count). The molecule has 0 amide bonds. The molecule has 0 saturated carbocycles. The maximum absolute atomic E-state index is 5.45. The number of nitrogens with zero attached hydrogens (tertiary/aromatic N) is 2. The number of aryl methyl sites for hydroxylation is 1. The van der Waals surface area contributed by atoms with Gasteiger partial charge in [0.1, 0.15) is 0 Å². The molecule has 3 heteroatoms. The summed E-state index contributed by atoms with van der Waals surface area (Å²) in [5, 5.41) is 1.35. The van der Waals surface area contributed by atoms with Crippen LogP contribution >= 0.6 is 0 Å². The number of hydrogen-bond donors (Lipinski definition) is 0. The van der Waals surface area contributed by atoms with Gasteiger partial charge in [-0.2, -0.15) is 0 Å². The normalized spacial score (nSPS) is 18.5. The van der Waals surface area contributed by atoms with Crippen molar-refractivity contribution in [1.29, 1.82) is 0 Å². The SMILES string of the molecule is CCC(CN1CCOCC1)n1c(C)cc2ccccc21. The molecule has 2 aromatic rings. The predicted molar refractivity (Wildman–Crippen MR) is 83.3 cm³/mol. The molecule has 1 fully saturated rings. The molecule has 1 aromatic heterocycles. The zero-order chi connectivity index (χ0) is 13.9. The lowest BCUT2D eigenvalue weighted by molar-refractivity contribution is 0.0314. The summed E-state index contributed by atoms with van der Waals surface area (Å²) >= 11 is 0. The fourth-order valence-electron chi connectivity index (χ4n) is 3.27. The first kappa shape index (κ1) is 13.7. The van der Waals surface area contributed by atoms with Gasteiger partial charge >= 0.3 is 0 Å². The van der Waals surface area contributed by atoms with Gasteiger partial charge in [-0.25, -0.2) is 0 Å². The monoisotopic (exact) mass is 272 g/mol. The average molecular weight is 272 g/mol. The molecule has 1 unspecified atom stereocenters. The zero-order valence-corrected chi connectivity index (χ0v) is 12.5. The molecule has 1 aliphatic rings. The Hall–Kier alpha value is -1.32. The number of aromatic nitrogens is 1. The molecule has 108 valence electrons. The van der Waals surface area contributed by atoms with E-state index in [-0.39, 0.29) is 0 Å². The molecule has 0 bridgehead atoms. The molecule has 0 spiro atoms. The number of para-hydroxylation sites is 1. The van der Waals surface area contributed by atoms with Crippen molar-refractivity contribution in [2.24, 2.45) is 0 Å². The summed E-state index contributed by atoms with van der Waals surface area (Å²) in [4.78, 5) is 2.53. The third-order valence-corrected chi connectivity index (χ3v) is 4.35. The molecular formula is C17H24N2O. The van der Waals surface area contributed by atoms with Crippen molar-refractivity contribution in [2.45, 2.75) is 26.3 Å². The fourth-order valence-corrected chi connectivity index (χ4v) is 3.27. The lowest BCUT2D eigenvalue weighted by Crippen LogP contribution is -2.39. The molecule has 0 N–H and O–H groups in total. The lowest BCUT2D eigenvalue weighted by Gasteiger charge is -2.31. The van der Waals surface area contributed by atoms with E-state index in [1.807, 2.05) is 0 Å². The number of ether oxygens (including phenoxy) is 1. The summed E-state index contributed by atoms with van der Waals surface area (Å²) in [6, 6.07) is 11.6. The summed E-state index contributed by atoms with van der Waals surface area (Å²) < 4.78 is 7.97. The Morgan fingerprint density at radius 2 is 1.95 bits per heavy atom. The highest BCUT2D eigenvalue weighted by Crippen LogP contribution is 2.26. The molecule has 1 aliphatic heterocycles. The Morgan fingerprint density at radius 3 is 2.70 bits per heavy atom. The minimum Gasteiger partial charge on any atom is -0.379 e. The van der Waals surface area contributed by atoms with Crippen LogP contribution in [0.4, 0.5) is 0 Å². The zero-order valence-electron chi connectivity index (χ0n) is 12.5. The second-order valence-corrected chi connectivity index (χ2v) is 5.69. The van der Waals surface area contributed by atoms with Crippen molar-refractivity contribution in [3.63, 3.8) is 0 Å². The topological polar surface area (TPSA) is 17.4 Å². The third kappa shape index (κ3) is 2.60. The van der Waals surface area contributed by atoms with Gasteiger partial charge in [0, 0.05) is 36.9 Å². The van der Waals surface area contributed by atoms with Crippen LogP contribution in [0.1, 0.15) is 25.1 Å². The van der Waals surface area contributed by atoms with E-state index in [4.69, 9.17) is 4.74 Å². The van der Waals surface area contributed by atoms with Crippen molar-refractivity contribution in [1.82, 2.24) is 9.47 Å². The molecule has 0 radical (unpaired) electrons. The Kier molecular flexibility index (Phi) is 4.08. The van der Waals surface area contributed by atoms with Crippen LogP contribution in [-0.4, -0.2) is 42.3 Å². The summed E-state index contributed by atoms with van der Waals surface area (Å²) in [5.41, 5.74) is 2.73. The highest BCUT2D eigenvalue weighted by atomic mass is 16.5. The van der Waals surface area contributed by atoms with Gasteiger partial charge in [-0.15, -0.1) is 0 Å². The molecule has 2 heterocycles.